The van der Waals surface area contributed by atoms with Crippen molar-refractivity contribution < 1.29 is 17.6 Å². The maximum absolute atomic E-state index is 13.4. The van der Waals surface area contributed by atoms with Gasteiger partial charge in [0.05, 0.1) is 5.75 Å². The minimum Gasteiger partial charge on any atom is -0.334 e. The number of urea groups is 1. The van der Waals surface area contributed by atoms with E-state index in [1.54, 1.807) is 42.5 Å². The van der Waals surface area contributed by atoms with E-state index in [0.717, 1.165) is 6.26 Å². The van der Waals surface area contributed by atoms with Gasteiger partial charge in [0.15, 0.2) is 9.84 Å². The fraction of sp³-hybridized carbons (Fsp3) is 0.188. The van der Waals surface area contributed by atoms with Gasteiger partial charge in [-0.1, -0.05) is 30.3 Å². The zero-order chi connectivity index (χ0) is 16.9. The molecule has 0 radical (unpaired) electrons. The number of sulfone groups is 1. The van der Waals surface area contributed by atoms with Crippen molar-refractivity contribution in [3.63, 3.8) is 0 Å². The van der Waals surface area contributed by atoms with E-state index in [1.807, 2.05) is 0 Å². The predicted octanol–water partition coefficient (Wildman–Crippen LogP) is 2.69. The summed E-state index contributed by atoms with van der Waals surface area (Å²) in [4.78, 5) is 11.8. The van der Waals surface area contributed by atoms with Crippen LogP contribution in [0.25, 0.3) is 0 Å². The molecule has 2 aromatic rings. The summed E-state index contributed by atoms with van der Waals surface area (Å²) in [5.41, 5.74) is 1.44. The number of hydrogen-bond donors (Lipinski definition) is 2. The van der Waals surface area contributed by atoms with E-state index in [4.69, 9.17) is 0 Å². The van der Waals surface area contributed by atoms with Gasteiger partial charge in [-0.25, -0.2) is 17.6 Å². The number of amides is 2. The van der Waals surface area contributed by atoms with Crippen molar-refractivity contribution in [3.05, 3.63) is 65.5 Å². The highest BCUT2D eigenvalue weighted by atomic mass is 32.2. The number of anilines is 1. The minimum atomic E-state index is -3.14. The molecule has 0 aliphatic heterocycles. The lowest BCUT2D eigenvalue weighted by Gasteiger charge is -2.09. The molecule has 122 valence electrons. The number of carbonyl (C=O) groups is 1. The van der Waals surface area contributed by atoms with Crippen molar-refractivity contribution >= 4 is 21.6 Å². The van der Waals surface area contributed by atoms with E-state index >= 15 is 0 Å². The Morgan fingerprint density at radius 2 is 1.87 bits per heavy atom. The van der Waals surface area contributed by atoms with Crippen molar-refractivity contribution in [2.24, 2.45) is 0 Å². The van der Waals surface area contributed by atoms with Gasteiger partial charge >= 0.3 is 6.03 Å². The lowest BCUT2D eigenvalue weighted by Crippen LogP contribution is -2.28. The normalized spacial score (nSPS) is 11.0. The molecule has 7 heteroatoms. The Kier molecular flexibility index (Phi) is 5.33. The first-order valence-corrected chi connectivity index (χ1v) is 8.94. The Bertz CT molecular complexity index is 806. The molecule has 0 bridgehead atoms. The molecule has 0 unspecified atom stereocenters. The zero-order valence-electron chi connectivity index (χ0n) is 12.5. The van der Waals surface area contributed by atoms with Crippen LogP contribution >= 0.6 is 0 Å². The maximum Gasteiger partial charge on any atom is 0.319 e. The SMILES string of the molecule is CS(=O)(=O)Cc1cccc(NC(=O)NCc2ccccc2F)c1. The summed E-state index contributed by atoms with van der Waals surface area (Å²) >= 11 is 0. The van der Waals surface area contributed by atoms with Crippen LogP contribution in [0, 0.1) is 5.82 Å². The van der Waals surface area contributed by atoms with Gasteiger partial charge in [0.25, 0.3) is 0 Å². The molecule has 23 heavy (non-hydrogen) atoms. The van der Waals surface area contributed by atoms with Crippen LogP contribution in [0.15, 0.2) is 48.5 Å². The third kappa shape index (κ3) is 5.71. The predicted molar refractivity (Wildman–Crippen MR) is 87.2 cm³/mol. The van der Waals surface area contributed by atoms with Crippen LogP contribution < -0.4 is 10.6 Å². The lowest BCUT2D eigenvalue weighted by molar-refractivity contribution is 0.251. The fourth-order valence-corrected chi connectivity index (χ4v) is 2.82. The maximum atomic E-state index is 13.4. The number of benzene rings is 2. The zero-order valence-corrected chi connectivity index (χ0v) is 13.4. The Morgan fingerprint density at radius 1 is 1.13 bits per heavy atom. The van der Waals surface area contributed by atoms with Crippen LogP contribution in [0.2, 0.25) is 0 Å². The van der Waals surface area contributed by atoms with E-state index < -0.39 is 15.9 Å². The molecule has 0 aliphatic rings. The van der Waals surface area contributed by atoms with Gasteiger partial charge in [-0.2, -0.15) is 0 Å². The second kappa shape index (κ2) is 7.23. The number of carbonyl (C=O) groups excluding carboxylic acids is 1. The van der Waals surface area contributed by atoms with Crippen molar-refractivity contribution in [1.82, 2.24) is 5.32 Å². The first kappa shape index (κ1) is 17.0. The van der Waals surface area contributed by atoms with Crippen LogP contribution in [-0.2, 0) is 22.1 Å². The molecule has 2 aromatic carbocycles. The molecule has 2 rings (SSSR count). The molecule has 0 aromatic heterocycles. The third-order valence-corrected chi connectivity index (χ3v) is 3.87. The number of nitrogens with one attached hydrogen (secondary N) is 2. The van der Waals surface area contributed by atoms with E-state index in [-0.39, 0.29) is 18.1 Å². The summed E-state index contributed by atoms with van der Waals surface area (Å²) in [5, 5.41) is 5.14. The molecule has 0 spiro atoms. The van der Waals surface area contributed by atoms with Crippen LogP contribution in [0.3, 0.4) is 0 Å². The molecule has 0 aliphatic carbocycles. The monoisotopic (exact) mass is 336 g/mol. The second-order valence-electron chi connectivity index (χ2n) is 5.17. The Morgan fingerprint density at radius 3 is 2.57 bits per heavy atom. The standard InChI is InChI=1S/C16H17FN2O3S/c1-23(21,22)11-12-5-4-7-14(9-12)19-16(20)18-10-13-6-2-3-8-15(13)17/h2-9H,10-11H2,1H3,(H2,18,19,20). The molecule has 0 heterocycles. The molecule has 0 saturated heterocycles. The fourth-order valence-electron chi connectivity index (χ4n) is 2.03. The average molecular weight is 336 g/mol. The Labute approximate surface area is 134 Å². The number of hydrogen-bond acceptors (Lipinski definition) is 3. The van der Waals surface area contributed by atoms with Crippen molar-refractivity contribution in [1.29, 1.82) is 0 Å². The van der Waals surface area contributed by atoms with Gasteiger partial charge in [-0.3, -0.25) is 0 Å². The van der Waals surface area contributed by atoms with Crippen LogP contribution in [0.4, 0.5) is 14.9 Å². The lowest BCUT2D eigenvalue weighted by atomic mass is 10.2. The Balaban J connectivity index is 1.95. The summed E-state index contributed by atoms with van der Waals surface area (Å²) in [7, 11) is -3.14. The summed E-state index contributed by atoms with van der Waals surface area (Å²) < 4.78 is 36.0. The van der Waals surface area contributed by atoms with Crippen LogP contribution in [0.1, 0.15) is 11.1 Å². The molecule has 0 saturated carbocycles. The summed E-state index contributed by atoms with van der Waals surface area (Å²) in [6, 6.07) is 12.2. The highest BCUT2D eigenvalue weighted by Crippen LogP contribution is 2.13. The quantitative estimate of drug-likeness (QED) is 0.881. The van der Waals surface area contributed by atoms with E-state index in [1.165, 1.54) is 6.07 Å². The first-order valence-electron chi connectivity index (χ1n) is 6.88. The number of rotatable bonds is 5. The average Bonchev–Trinajstić information content (AvgIpc) is 2.45. The largest absolute Gasteiger partial charge is 0.334 e. The van der Waals surface area contributed by atoms with E-state index in [9.17, 15) is 17.6 Å². The smallest absolute Gasteiger partial charge is 0.319 e. The van der Waals surface area contributed by atoms with Crippen LogP contribution in [-0.4, -0.2) is 20.7 Å². The van der Waals surface area contributed by atoms with Gasteiger partial charge in [0, 0.05) is 24.1 Å². The Hall–Kier alpha value is -2.41. The molecule has 0 atom stereocenters. The van der Waals surface area contributed by atoms with Crippen molar-refractivity contribution in [2.45, 2.75) is 12.3 Å². The topological polar surface area (TPSA) is 75.3 Å². The highest BCUT2D eigenvalue weighted by Gasteiger charge is 2.07. The first-order chi connectivity index (χ1) is 10.8. The van der Waals surface area contributed by atoms with Gasteiger partial charge in [-0.05, 0) is 23.8 Å². The van der Waals surface area contributed by atoms with E-state index in [2.05, 4.69) is 10.6 Å². The van der Waals surface area contributed by atoms with Gasteiger partial charge in [0.2, 0.25) is 0 Å². The molecule has 5 nitrogen and oxygen atoms in total. The van der Waals surface area contributed by atoms with Gasteiger partial charge in [-0.15, -0.1) is 0 Å². The molecule has 2 amide bonds. The number of halogens is 1. The van der Waals surface area contributed by atoms with Gasteiger partial charge in [0.1, 0.15) is 5.82 Å². The van der Waals surface area contributed by atoms with E-state index in [0.29, 0.717) is 16.8 Å². The second-order valence-corrected chi connectivity index (χ2v) is 7.31. The molecular weight excluding hydrogens is 319 g/mol. The van der Waals surface area contributed by atoms with Gasteiger partial charge < -0.3 is 10.6 Å². The summed E-state index contributed by atoms with van der Waals surface area (Å²) in [6.07, 6.45) is 1.15. The summed E-state index contributed by atoms with van der Waals surface area (Å²) in [6.45, 7) is 0.0571. The van der Waals surface area contributed by atoms with Crippen LogP contribution in [0.5, 0.6) is 0 Å². The molecule has 2 N–H and O–H groups in total. The summed E-state index contributed by atoms with van der Waals surface area (Å²) in [5.74, 6) is -0.484. The molecule has 0 fully saturated rings. The highest BCUT2D eigenvalue weighted by molar-refractivity contribution is 7.89. The van der Waals surface area contributed by atoms with Crippen molar-refractivity contribution in [3.8, 4) is 0 Å². The molecular formula is C16H17FN2O3S. The minimum absolute atomic E-state index is 0.0571. The third-order valence-electron chi connectivity index (χ3n) is 3.01. The van der Waals surface area contributed by atoms with Crippen molar-refractivity contribution in [2.75, 3.05) is 11.6 Å².